The van der Waals surface area contributed by atoms with Gasteiger partial charge in [0.25, 0.3) is 11.1 Å². The molecule has 1 amide bonds. The predicted molar refractivity (Wildman–Crippen MR) is 100 cm³/mol. The monoisotopic (exact) mass is 383 g/mol. The highest BCUT2D eigenvalue weighted by Crippen LogP contribution is 2.35. The van der Waals surface area contributed by atoms with E-state index in [4.69, 9.17) is 13.9 Å². The Bertz CT molecular complexity index is 931. The summed E-state index contributed by atoms with van der Waals surface area (Å²) in [6.07, 6.45) is -0.468. The number of anilines is 1. The number of hydrogen-bond donors (Lipinski definition) is 0. The standard InChI is InChI=1S/C19H17N3O4S/c1-22(13-7-3-2-4-8-13)17(23)12-27-19-21-20-18(26-19)16-11-24-14-9-5-6-10-15(14)25-16/h2-10,16H,11-12H2,1H3/t16-/m0/s1. The first-order chi connectivity index (χ1) is 13.2. The zero-order chi connectivity index (χ0) is 18.6. The van der Waals surface area contributed by atoms with Crippen molar-refractivity contribution in [3.63, 3.8) is 0 Å². The summed E-state index contributed by atoms with van der Waals surface area (Å²) in [6, 6.07) is 16.9. The lowest BCUT2D eigenvalue weighted by Gasteiger charge is -2.23. The molecule has 0 N–H and O–H groups in total. The molecule has 2 heterocycles. The van der Waals surface area contributed by atoms with Gasteiger partial charge in [0.1, 0.15) is 6.61 Å². The van der Waals surface area contributed by atoms with E-state index in [1.165, 1.54) is 11.8 Å². The summed E-state index contributed by atoms with van der Waals surface area (Å²) in [5, 5.41) is 8.34. The van der Waals surface area contributed by atoms with Gasteiger partial charge in [0.15, 0.2) is 11.5 Å². The van der Waals surface area contributed by atoms with Crippen molar-refractivity contribution in [1.82, 2.24) is 10.2 Å². The van der Waals surface area contributed by atoms with Crippen LogP contribution in [0.5, 0.6) is 11.5 Å². The number of ether oxygens (including phenoxy) is 2. The molecule has 7 nitrogen and oxygen atoms in total. The molecule has 0 radical (unpaired) electrons. The molecule has 0 aliphatic carbocycles. The van der Waals surface area contributed by atoms with Crippen LogP contribution in [0.2, 0.25) is 0 Å². The maximum Gasteiger partial charge on any atom is 0.277 e. The molecule has 2 aromatic carbocycles. The second-order valence-corrected chi connectivity index (χ2v) is 6.77. The van der Waals surface area contributed by atoms with E-state index in [1.54, 1.807) is 11.9 Å². The highest BCUT2D eigenvalue weighted by atomic mass is 32.2. The highest BCUT2D eigenvalue weighted by Gasteiger charge is 2.27. The molecule has 3 aromatic rings. The maximum absolute atomic E-state index is 12.3. The predicted octanol–water partition coefficient (Wildman–Crippen LogP) is 3.34. The van der Waals surface area contributed by atoms with E-state index in [0.29, 0.717) is 29.2 Å². The number of carbonyl (C=O) groups excluding carboxylic acids is 1. The summed E-state index contributed by atoms with van der Waals surface area (Å²) in [7, 11) is 1.74. The molecule has 0 saturated carbocycles. The third kappa shape index (κ3) is 3.90. The van der Waals surface area contributed by atoms with Gasteiger partial charge in [-0.25, -0.2) is 0 Å². The Kier molecular flexibility index (Phi) is 4.97. The SMILES string of the molecule is CN(C(=O)CSc1nnc([C@@H]2COc3ccccc3O2)o1)c1ccccc1. The minimum atomic E-state index is -0.468. The van der Waals surface area contributed by atoms with Gasteiger partial charge in [0.2, 0.25) is 12.0 Å². The van der Waals surface area contributed by atoms with Crippen LogP contribution in [-0.2, 0) is 4.79 Å². The van der Waals surface area contributed by atoms with E-state index in [-0.39, 0.29) is 11.7 Å². The fraction of sp³-hybridized carbons (Fsp3) is 0.211. The molecule has 0 unspecified atom stereocenters. The molecule has 8 heteroatoms. The van der Waals surface area contributed by atoms with Crippen molar-refractivity contribution < 1.29 is 18.7 Å². The number of para-hydroxylation sites is 3. The molecule has 0 spiro atoms. The normalized spacial score (nSPS) is 15.4. The summed E-state index contributed by atoms with van der Waals surface area (Å²) >= 11 is 1.19. The minimum Gasteiger partial charge on any atom is -0.485 e. The Hall–Kier alpha value is -3.00. The molecule has 1 aromatic heterocycles. The minimum absolute atomic E-state index is 0.0582. The molecule has 0 fully saturated rings. The third-order valence-electron chi connectivity index (χ3n) is 4.04. The van der Waals surface area contributed by atoms with Crippen LogP contribution in [0.25, 0.3) is 0 Å². The fourth-order valence-electron chi connectivity index (χ4n) is 2.57. The smallest absolute Gasteiger partial charge is 0.277 e. The summed E-state index contributed by atoms with van der Waals surface area (Å²) in [5.74, 6) is 1.80. The van der Waals surface area contributed by atoms with Crippen molar-refractivity contribution in [3.05, 3.63) is 60.5 Å². The van der Waals surface area contributed by atoms with Gasteiger partial charge in [0.05, 0.1) is 5.75 Å². The van der Waals surface area contributed by atoms with Gasteiger partial charge in [-0.2, -0.15) is 0 Å². The molecule has 1 atom stereocenters. The molecule has 0 saturated heterocycles. The van der Waals surface area contributed by atoms with E-state index in [1.807, 2.05) is 54.6 Å². The number of thioether (sulfide) groups is 1. The summed E-state index contributed by atoms with van der Waals surface area (Å²) < 4.78 is 17.1. The average Bonchev–Trinajstić information content (AvgIpc) is 3.21. The first-order valence-electron chi connectivity index (χ1n) is 8.37. The van der Waals surface area contributed by atoms with Crippen LogP contribution >= 0.6 is 11.8 Å². The number of nitrogens with zero attached hydrogens (tertiary/aromatic N) is 3. The van der Waals surface area contributed by atoms with E-state index in [2.05, 4.69) is 10.2 Å². The van der Waals surface area contributed by atoms with Crippen LogP contribution in [0, 0.1) is 0 Å². The van der Waals surface area contributed by atoms with Crippen molar-refractivity contribution in [1.29, 1.82) is 0 Å². The van der Waals surface area contributed by atoms with E-state index in [9.17, 15) is 4.79 Å². The van der Waals surface area contributed by atoms with Crippen molar-refractivity contribution in [3.8, 4) is 11.5 Å². The Morgan fingerprint density at radius 3 is 2.67 bits per heavy atom. The van der Waals surface area contributed by atoms with Crippen LogP contribution in [-0.4, -0.2) is 35.5 Å². The molecule has 27 heavy (non-hydrogen) atoms. The van der Waals surface area contributed by atoms with Gasteiger partial charge in [-0.05, 0) is 24.3 Å². The number of fused-ring (bicyclic) bond motifs is 1. The summed E-state index contributed by atoms with van der Waals surface area (Å²) in [4.78, 5) is 13.9. The van der Waals surface area contributed by atoms with Gasteiger partial charge < -0.3 is 18.8 Å². The van der Waals surface area contributed by atoms with Crippen LogP contribution in [0.3, 0.4) is 0 Å². The first-order valence-corrected chi connectivity index (χ1v) is 9.35. The quantitative estimate of drug-likeness (QED) is 0.625. The molecule has 0 bridgehead atoms. The Balaban J connectivity index is 1.35. The Morgan fingerprint density at radius 1 is 1.11 bits per heavy atom. The molecular formula is C19H17N3O4S. The van der Waals surface area contributed by atoms with Crippen LogP contribution in [0.15, 0.2) is 64.2 Å². The fourth-order valence-corrected chi connectivity index (χ4v) is 3.25. The third-order valence-corrected chi connectivity index (χ3v) is 4.85. The average molecular weight is 383 g/mol. The number of aromatic nitrogens is 2. The summed E-state index contributed by atoms with van der Waals surface area (Å²) in [6.45, 7) is 0.291. The zero-order valence-corrected chi connectivity index (χ0v) is 15.4. The van der Waals surface area contributed by atoms with Crippen molar-refractivity contribution >= 4 is 23.4 Å². The van der Waals surface area contributed by atoms with Crippen LogP contribution < -0.4 is 14.4 Å². The van der Waals surface area contributed by atoms with Crippen molar-refractivity contribution in [2.24, 2.45) is 0 Å². The van der Waals surface area contributed by atoms with Gasteiger partial charge in [-0.15, -0.1) is 10.2 Å². The van der Waals surface area contributed by atoms with Gasteiger partial charge in [0, 0.05) is 12.7 Å². The van der Waals surface area contributed by atoms with E-state index >= 15 is 0 Å². The van der Waals surface area contributed by atoms with Crippen molar-refractivity contribution in [2.75, 3.05) is 24.3 Å². The zero-order valence-electron chi connectivity index (χ0n) is 14.6. The topological polar surface area (TPSA) is 77.7 Å². The van der Waals surface area contributed by atoms with E-state index < -0.39 is 6.10 Å². The Morgan fingerprint density at radius 2 is 1.85 bits per heavy atom. The van der Waals surface area contributed by atoms with Crippen LogP contribution in [0.1, 0.15) is 12.0 Å². The lowest BCUT2D eigenvalue weighted by molar-refractivity contribution is -0.115. The second kappa shape index (κ2) is 7.71. The van der Waals surface area contributed by atoms with Crippen molar-refractivity contribution in [2.45, 2.75) is 11.3 Å². The molecule has 1 aliphatic heterocycles. The number of carbonyl (C=O) groups is 1. The maximum atomic E-state index is 12.3. The Labute approximate surface area is 160 Å². The summed E-state index contributed by atoms with van der Waals surface area (Å²) in [5.41, 5.74) is 0.834. The highest BCUT2D eigenvalue weighted by molar-refractivity contribution is 7.99. The lowest BCUT2D eigenvalue weighted by Crippen LogP contribution is -2.27. The van der Waals surface area contributed by atoms with Crippen LogP contribution in [0.4, 0.5) is 5.69 Å². The lowest BCUT2D eigenvalue weighted by atomic mass is 10.2. The van der Waals surface area contributed by atoms with Gasteiger partial charge in [-0.1, -0.05) is 42.1 Å². The molecule has 4 rings (SSSR count). The largest absolute Gasteiger partial charge is 0.485 e. The van der Waals surface area contributed by atoms with E-state index in [0.717, 1.165) is 5.69 Å². The molecular weight excluding hydrogens is 366 g/mol. The molecule has 1 aliphatic rings. The van der Waals surface area contributed by atoms with Gasteiger partial charge in [-0.3, -0.25) is 4.79 Å². The first kappa shape index (κ1) is 17.4. The second-order valence-electron chi connectivity index (χ2n) is 5.85. The number of hydrogen-bond acceptors (Lipinski definition) is 7. The molecule has 138 valence electrons. The van der Waals surface area contributed by atoms with Gasteiger partial charge >= 0.3 is 0 Å². The number of benzene rings is 2. The number of amides is 1. The number of rotatable bonds is 5.